The van der Waals surface area contributed by atoms with Crippen molar-refractivity contribution in [2.75, 3.05) is 25.6 Å². The molecule has 0 spiro atoms. The van der Waals surface area contributed by atoms with Gasteiger partial charge in [0.15, 0.2) is 17.2 Å². The van der Waals surface area contributed by atoms with Gasteiger partial charge in [0, 0.05) is 0 Å². The predicted octanol–water partition coefficient (Wildman–Crippen LogP) is 0.389. The van der Waals surface area contributed by atoms with Gasteiger partial charge in [-0.15, -0.1) is 0 Å². The van der Waals surface area contributed by atoms with Crippen LogP contribution in [0.5, 0.6) is 0 Å². The number of halogens is 1. The van der Waals surface area contributed by atoms with Gasteiger partial charge in [-0.1, -0.05) is 0 Å². The molecule has 2 fully saturated rings. The van der Waals surface area contributed by atoms with E-state index in [0.717, 1.165) is 0 Å². The normalized spacial score (nSPS) is 34.8. The number of ether oxygens (including phenoxy) is 3. The van der Waals surface area contributed by atoms with Crippen molar-refractivity contribution in [1.82, 2.24) is 14.6 Å². The third kappa shape index (κ3) is 1.86. The predicted molar refractivity (Wildman–Crippen MR) is 80.9 cm³/mol. The molecule has 2 aromatic heterocycles. The Bertz CT molecular complexity index is 791. The van der Waals surface area contributed by atoms with Gasteiger partial charge in [-0.05, 0) is 26.0 Å². The van der Waals surface area contributed by atoms with Crippen LogP contribution in [0.15, 0.2) is 18.5 Å². The number of anilines is 1. The first-order valence-electron chi connectivity index (χ1n) is 7.65. The molecule has 3 N–H and O–H groups in total. The first-order valence-corrected chi connectivity index (χ1v) is 7.65. The summed E-state index contributed by atoms with van der Waals surface area (Å²) in [7, 11) is 0. The lowest BCUT2D eigenvalue weighted by atomic mass is 9.86. The van der Waals surface area contributed by atoms with E-state index in [-0.39, 0.29) is 6.61 Å². The highest BCUT2D eigenvalue weighted by molar-refractivity contribution is 5.65. The fourth-order valence-corrected chi connectivity index (χ4v) is 3.67. The molecule has 24 heavy (non-hydrogen) atoms. The number of nitrogens with two attached hydrogens (primary N) is 1. The number of nitrogens with zero attached hydrogens (tertiary/aromatic N) is 3. The largest absolute Gasteiger partial charge is 0.393 e. The number of aromatic nitrogens is 3. The summed E-state index contributed by atoms with van der Waals surface area (Å²) in [6, 6.07) is 3.55. The van der Waals surface area contributed by atoms with E-state index in [1.54, 1.807) is 30.5 Å². The molecule has 4 heterocycles. The van der Waals surface area contributed by atoms with Crippen LogP contribution in [0.25, 0.3) is 5.52 Å². The van der Waals surface area contributed by atoms with E-state index < -0.39 is 36.4 Å². The lowest BCUT2D eigenvalue weighted by Gasteiger charge is -2.30. The molecule has 2 aliphatic rings. The minimum absolute atomic E-state index is 0.0294. The van der Waals surface area contributed by atoms with Crippen molar-refractivity contribution in [2.24, 2.45) is 0 Å². The SMILES string of the molecule is CC1(C)O[C@@H]2[C@](CO)(CF)OC[C@@]2(c2ccc3c(N)ncnn23)O1. The van der Waals surface area contributed by atoms with Crippen molar-refractivity contribution in [3.8, 4) is 0 Å². The number of aliphatic hydroxyl groups is 1. The maximum Gasteiger partial charge on any atom is 0.166 e. The summed E-state index contributed by atoms with van der Waals surface area (Å²) in [5, 5.41) is 14.0. The van der Waals surface area contributed by atoms with Gasteiger partial charge in [0.2, 0.25) is 0 Å². The number of fused-ring (bicyclic) bond motifs is 2. The van der Waals surface area contributed by atoms with E-state index in [2.05, 4.69) is 10.1 Å². The van der Waals surface area contributed by atoms with Crippen LogP contribution in [0.1, 0.15) is 19.5 Å². The average Bonchev–Trinajstić information content (AvgIpc) is 3.17. The molecule has 0 radical (unpaired) electrons. The van der Waals surface area contributed by atoms with Gasteiger partial charge in [-0.25, -0.2) is 13.9 Å². The fraction of sp³-hybridized carbons (Fsp3) is 0.600. The Kier molecular flexibility index (Phi) is 3.17. The Balaban J connectivity index is 1.92. The van der Waals surface area contributed by atoms with E-state index in [0.29, 0.717) is 17.0 Å². The Morgan fingerprint density at radius 3 is 2.96 bits per heavy atom. The van der Waals surface area contributed by atoms with Gasteiger partial charge < -0.3 is 25.1 Å². The number of nitrogen functional groups attached to an aromatic ring is 1. The highest BCUT2D eigenvalue weighted by atomic mass is 19.1. The van der Waals surface area contributed by atoms with E-state index in [1.165, 1.54) is 6.33 Å². The molecule has 130 valence electrons. The molecule has 8 nitrogen and oxygen atoms in total. The molecule has 0 bridgehead atoms. The summed E-state index contributed by atoms with van der Waals surface area (Å²) >= 11 is 0. The molecule has 0 unspecified atom stereocenters. The second-order valence-corrected chi connectivity index (χ2v) is 6.70. The molecular formula is C15H19FN4O4. The minimum atomic E-state index is -1.48. The van der Waals surface area contributed by atoms with Crippen LogP contribution >= 0.6 is 0 Å². The maximum atomic E-state index is 13.8. The van der Waals surface area contributed by atoms with Crippen LogP contribution in [0.4, 0.5) is 10.2 Å². The number of hydrogen-bond donors (Lipinski definition) is 2. The Hall–Kier alpha value is -1.81. The van der Waals surface area contributed by atoms with Crippen LogP contribution in [-0.4, -0.2) is 57.1 Å². The van der Waals surface area contributed by atoms with Crippen LogP contribution in [-0.2, 0) is 19.8 Å². The van der Waals surface area contributed by atoms with E-state index in [1.807, 2.05) is 0 Å². The molecule has 9 heteroatoms. The smallest absolute Gasteiger partial charge is 0.166 e. The summed E-state index contributed by atoms with van der Waals surface area (Å²) in [5.41, 5.74) is 4.53. The van der Waals surface area contributed by atoms with Gasteiger partial charge in [0.05, 0.1) is 18.9 Å². The van der Waals surface area contributed by atoms with E-state index in [4.69, 9.17) is 19.9 Å². The Labute approximate surface area is 137 Å². The zero-order chi connectivity index (χ0) is 17.2. The average molecular weight is 338 g/mol. The first kappa shape index (κ1) is 15.7. The molecule has 3 atom stereocenters. The van der Waals surface area contributed by atoms with Crippen molar-refractivity contribution in [2.45, 2.75) is 36.9 Å². The van der Waals surface area contributed by atoms with E-state index >= 15 is 0 Å². The Morgan fingerprint density at radius 1 is 1.46 bits per heavy atom. The number of aliphatic hydroxyl groups excluding tert-OH is 1. The quantitative estimate of drug-likeness (QED) is 0.834. The van der Waals surface area contributed by atoms with Gasteiger partial charge in [0.1, 0.15) is 30.2 Å². The van der Waals surface area contributed by atoms with Crippen molar-refractivity contribution >= 4 is 11.3 Å². The maximum absolute atomic E-state index is 13.8. The first-order chi connectivity index (χ1) is 11.4. The molecule has 0 saturated carbocycles. The van der Waals surface area contributed by atoms with Gasteiger partial charge in [-0.2, -0.15) is 5.10 Å². The van der Waals surface area contributed by atoms with Crippen molar-refractivity contribution in [3.05, 3.63) is 24.2 Å². The molecular weight excluding hydrogens is 319 g/mol. The second kappa shape index (κ2) is 4.85. The van der Waals surface area contributed by atoms with Crippen LogP contribution in [0.3, 0.4) is 0 Å². The zero-order valence-corrected chi connectivity index (χ0v) is 13.4. The highest BCUT2D eigenvalue weighted by Crippen LogP contribution is 2.53. The monoisotopic (exact) mass is 338 g/mol. The number of alkyl halides is 1. The molecule has 4 rings (SSSR count). The zero-order valence-electron chi connectivity index (χ0n) is 13.4. The van der Waals surface area contributed by atoms with Crippen LogP contribution in [0, 0.1) is 0 Å². The molecule has 0 aliphatic carbocycles. The van der Waals surface area contributed by atoms with Gasteiger partial charge in [-0.3, -0.25) is 0 Å². The van der Waals surface area contributed by atoms with Crippen molar-refractivity contribution < 1.29 is 23.7 Å². The molecule has 0 aromatic carbocycles. The highest BCUT2D eigenvalue weighted by Gasteiger charge is 2.69. The van der Waals surface area contributed by atoms with Crippen LogP contribution < -0.4 is 5.73 Å². The number of rotatable bonds is 3. The third-order valence-electron chi connectivity index (χ3n) is 4.71. The fourth-order valence-electron chi connectivity index (χ4n) is 3.67. The standard InChI is InChI=1S/C15H19FN4O4/c1-13(2)23-12-14(5-16,6-21)22-7-15(12,24-13)10-4-3-9-11(17)18-8-19-20(9)10/h3-4,8,12,21H,5-7H2,1-2H3,(H2,17,18,19)/t12-,14-,15+/m1/s1. The number of hydrogen-bond acceptors (Lipinski definition) is 7. The minimum Gasteiger partial charge on any atom is -0.393 e. The lowest BCUT2D eigenvalue weighted by Crippen LogP contribution is -2.51. The second-order valence-electron chi connectivity index (χ2n) is 6.70. The topological polar surface area (TPSA) is 104 Å². The molecule has 2 aromatic rings. The van der Waals surface area contributed by atoms with Crippen molar-refractivity contribution in [1.29, 1.82) is 0 Å². The molecule has 0 amide bonds. The van der Waals surface area contributed by atoms with E-state index in [9.17, 15) is 9.50 Å². The summed E-state index contributed by atoms with van der Waals surface area (Å²) in [5.74, 6) is -0.646. The third-order valence-corrected chi connectivity index (χ3v) is 4.71. The van der Waals surface area contributed by atoms with Gasteiger partial charge in [0.25, 0.3) is 0 Å². The van der Waals surface area contributed by atoms with Crippen LogP contribution in [0.2, 0.25) is 0 Å². The summed E-state index contributed by atoms with van der Waals surface area (Å²) in [4.78, 5) is 3.96. The van der Waals surface area contributed by atoms with Crippen molar-refractivity contribution in [3.63, 3.8) is 0 Å². The molecule has 2 saturated heterocycles. The summed E-state index contributed by atoms with van der Waals surface area (Å²) in [6.45, 7) is 2.10. The molecule has 2 aliphatic heterocycles. The Morgan fingerprint density at radius 2 is 2.25 bits per heavy atom. The lowest BCUT2D eigenvalue weighted by molar-refractivity contribution is -0.214. The summed E-state index contributed by atoms with van der Waals surface area (Å²) < 4.78 is 33.1. The summed E-state index contributed by atoms with van der Waals surface area (Å²) in [6.07, 6.45) is 0.507. The van der Waals surface area contributed by atoms with Gasteiger partial charge >= 0.3 is 0 Å².